The van der Waals surface area contributed by atoms with Crippen LogP contribution in [0.1, 0.15) is 12.0 Å². The zero-order valence-electron chi connectivity index (χ0n) is 8.74. The molecule has 7 heteroatoms. The van der Waals surface area contributed by atoms with Gasteiger partial charge in [-0.25, -0.2) is 9.78 Å². The number of nitrogens with zero attached hydrogens (tertiary/aromatic N) is 2. The highest BCUT2D eigenvalue weighted by Crippen LogP contribution is 2.26. The molecule has 2 rings (SSSR count). The van der Waals surface area contributed by atoms with E-state index in [2.05, 4.69) is 26.2 Å². The molecule has 1 aromatic rings. The van der Waals surface area contributed by atoms with E-state index in [-0.39, 0.29) is 24.6 Å². The van der Waals surface area contributed by atoms with Crippen LogP contribution in [0.15, 0.2) is 12.3 Å². The second-order valence-electron chi connectivity index (χ2n) is 3.50. The summed E-state index contributed by atoms with van der Waals surface area (Å²) in [5.74, 6) is -1.07. The van der Waals surface area contributed by atoms with E-state index < -0.39 is 12.0 Å². The number of hydrogen-bond donors (Lipinski definition) is 1. The first-order valence-corrected chi connectivity index (χ1v) is 6.06. The number of aromatic nitrogens is 1. The lowest BCUT2D eigenvalue weighted by molar-refractivity contribution is -0.120. The van der Waals surface area contributed by atoms with Crippen molar-refractivity contribution >= 4 is 33.6 Å². The average molecular weight is 302 g/mol. The van der Waals surface area contributed by atoms with E-state index in [0.717, 1.165) is 0 Å². The second kappa shape index (κ2) is 4.79. The lowest BCUT2D eigenvalue weighted by Gasteiger charge is -2.27. The van der Waals surface area contributed by atoms with Crippen LogP contribution in [0, 0.1) is 5.95 Å². The molecule has 5 nitrogen and oxygen atoms in total. The normalized spacial score (nSPS) is 16.0. The number of pyridine rings is 1. The van der Waals surface area contributed by atoms with Gasteiger partial charge < -0.3 is 0 Å². The van der Waals surface area contributed by atoms with Crippen molar-refractivity contribution in [3.05, 3.63) is 23.8 Å². The number of amides is 3. The summed E-state index contributed by atoms with van der Waals surface area (Å²) >= 11 is 3.22. The number of halogens is 2. The van der Waals surface area contributed by atoms with E-state index in [9.17, 15) is 14.0 Å². The van der Waals surface area contributed by atoms with Gasteiger partial charge in [0.05, 0.1) is 0 Å². The van der Waals surface area contributed by atoms with E-state index in [1.54, 1.807) is 6.07 Å². The number of anilines is 1. The molecule has 0 spiro atoms. The molecule has 90 valence electrons. The standard InChI is InChI=1S/C10H9BrFN3O2/c11-5-6-1-3-13-9(12)8(6)15-4-2-7(16)14-10(15)17/h1,3H,2,4-5H2,(H,14,16,17). The number of carbonyl (C=O) groups excluding carboxylic acids is 2. The number of urea groups is 1. The van der Waals surface area contributed by atoms with Crippen molar-refractivity contribution < 1.29 is 14.0 Å². The molecule has 2 heterocycles. The van der Waals surface area contributed by atoms with Gasteiger partial charge in [-0.1, -0.05) is 15.9 Å². The van der Waals surface area contributed by atoms with E-state index in [1.807, 2.05) is 0 Å². The largest absolute Gasteiger partial charge is 0.328 e. The molecule has 0 radical (unpaired) electrons. The Morgan fingerprint density at radius 3 is 2.94 bits per heavy atom. The minimum absolute atomic E-state index is 0.120. The molecule has 1 fully saturated rings. The maximum absolute atomic E-state index is 13.7. The molecule has 0 aromatic carbocycles. The summed E-state index contributed by atoms with van der Waals surface area (Å²) in [4.78, 5) is 27.3. The maximum atomic E-state index is 13.7. The summed E-state index contributed by atoms with van der Waals surface area (Å²) < 4.78 is 13.7. The minimum atomic E-state index is -0.716. The summed E-state index contributed by atoms with van der Waals surface area (Å²) in [6, 6.07) is 1.01. The quantitative estimate of drug-likeness (QED) is 0.666. The third-order valence-corrected chi connectivity index (χ3v) is 3.04. The first-order valence-electron chi connectivity index (χ1n) is 4.94. The van der Waals surface area contributed by atoms with Crippen molar-refractivity contribution in [3.8, 4) is 0 Å². The Labute approximate surface area is 105 Å². The molecule has 1 aliphatic heterocycles. The van der Waals surface area contributed by atoms with Crippen LogP contribution in [0.2, 0.25) is 0 Å². The Hall–Kier alpha value is -1.50. The van der Waals surface area contributed by atoms with Crippen molar-refractivity contribution in [1.29, 1.82) is 0 Å². The van der Waals surface area contributed by atoms with Crippen molar-refractivity contribution in [2.75, 3.05) is 11.4 Å². The van der Waals surface area contributed by atoms with Crippen LogP contribution in [0.5, 0.6) is 0 Å². The number of alkyl halides is 1. The Kier molecular flexibility index (Phi) is 3.37. The van der Waals surface area contributed by atoms with Gasteiger partial charge in [0.1, 0.15) is 5.69 Å². The number of carbonyl (C=O) groups is 2. The van der Waals surface area contributed by atoms with Gasteiger partial charge in [0.2, 0.25) is 11.9 Å². The molecule has 3 amide bonds. The number of hydrogen-bond acceptors (Lipinski definition) is 3. The topological polar surface area (TPSA) is 62.3 Å². The van der Waals surface area contributed by atoms with Crippen molar-refractivity contribution in [2.24, 2.45) is 0 Å². The molecule has 0 atom stereocenters. The van der Waals surface area contributed by atoms with Gasteiger partial charge in [0.25, 0.3) is 0 Å². The van der Waals surface area contributed by atoms with E-state index in [4.69, 9.17) is 0 Å². The average Bonchev–Trinajstić information content (AvgIpc) is 2.30. The van der Waals surface area contributed by atoms with Crippen molar-refractivity contribution in [2.45, 2.75) is 11.8 Å². The van der Waals surface area contributed by atoms with Gasteiger partial charge in [0.15, 0.2) is 0 Å². The van der Waals surface area contributed by atoms with Gasteiger partial charge in [0, 0.05) is 24.5 Å². The molecule has 17 heavy (non-hydrogen) atoms. The van der Waals surface area contributed by atoms with Crippen LogP contribution in [-0.2, 0) is 10.1 Å². The first-order chi connectivity index (χ1) is 8.13. The van der Waals surface area contributed by atoms with Crippen LogP contribution in [0.3, 0.4) is 0 Å². The molecular formula is C10H9BrFN3O2. The Morgan fingerprint density at radius 2 is 2.29 bits per heavy atom. The lowest BCUT2D eigenvalue weighted by atomic mass is 10.2. The zero-order valence-corrected chi connectivity index (χ0v) is 10.3. The molecule has 0 saturated carbocycles. The summed E-state index contributed by atoms with van der Waals surface area (Å²) in [7, 11) is 0. The lowest BCUT2D eigenvalue weighted by Crippen LogP contribution is -2.50. The fraction of sp³-hybridized carbons (Fsp3) is 0.300. The molecule has 1 aliphatic rings. The van der Waals surface area contributed by atoms with Crippen LogP contribution in [-0.4, -0.2) is 23.5 Å². The van der Waals surface area contributed by atoms with Gasteiger partial charge in [-0.2, -0.15) is 4.39 Å². The molecule has 1 N–H and O–H groups in total. The third kappa shape index (κ3) is 2.28. The van der Waals surface area contributed by atoms with Crippen molar-refractivity contribution in [3.63, 3.8) is 0 Å². The molecule has 0 aliphatic carbocycles. The number of rotatable bonds is 2. The summed E-state index contributed by atoms with van der Waals surface area (Å²) in [6.45, 7) is 0.160. The highest BCUT2D eigenvalue weighted by Gasteiger charge is 2.28. The van der Waals surface area contributed by atoms with Crippen molar-refractivity contribution in [1.82, 2.24) is 10.3 Å². The second-order valence-corrected chi connectivity index (χ2v) is 4.06. The van der Waals surface area contributed by atoms with Crippen LogP contribution in [0.4, 0.5) is 14.9 Å². The smallest absolute Gasteiger partial charge is 0.289 e. The Morgan fingerprint density at radius 1 is 1.53 bits per heavy atom. The molecule has 1 aromatic heterocycles. The third-order valence-electron chi connectivity index (χ3n) is 2.43. The van der Waals surface area contributed by atoms with E-state index >= 15 is 0 Å². The van der Waals surface area contributed by atoms with E-state index in [1.165, 1.54) is 11.1 Å². The minimum Gasteiger partial charge on any atom is -0.289 e. The SMILES string of the molecule is O=C1CCN(c2c(CBr)ccnc2F)C(=O)N1. The Balaban J connectivity index is 2.39. The predicted octanol–water partition coefficient (Wildman–Crippen LogP) is 1.56. The zero-order chi connectivity index (χ0) is 12.4. The van der Waals surface area contributed by atoms with Gasteiger partial charge in [-0.15, -0.1) is 0 Å². The van der Waals surface area contributed by atoms with Gasteiger partial charge in [-0.05, 0) is 11.6 Å². The molecule has 0 bridgehead atoms. The highest BCUT2D eigenvalue weighted by atomic mass is 79.9. The monoisotopic (exact) mass is 301 g/mol. The first kappa shape index (κ1) is 12.0. The van der Waals surface area contributed by atoms with Crippen LogP contribution < -0.4 is 10.2 Å². The predicted molar refractivity (Wildman–Crippen MR) is 62.3 cm³/mol. The van der Waals surface area contributed by atoms with Crippen LogP contribution >= 0.6 is 15.9 Å². The van der Waals surface area contributed by atoms with E-state index in [0.29, 0.717) is 10.9 Å². The number of nitrogens with one attached hydrogen (secondary N) is 1. The molecule has 0 unspecified atom stereocenters. The van der Waals surface area contributed by atoms with Crippen LogP contribution in [0.25, 0.3) is 0 Å². The summed E-state index contributed by atoms with van der Waals surface area (Å²) in [5.41, 5.74) is 0.733. The molecular weight excluding hydrogens is 293 g/mol. The molecule has 1 saturated heterocycles. The highest BCUT2D eigenvalue weighted by molar-refractivity contribution is 9.08. The summed E-state index contributed by atoms with van der Waals surface area (Å²) in [5, 5.41) is 2.55. The Bertz CT molecular complexity index is 481. The summed E-state index contributed by atoms with van der Waals surface area (Å²) in [6.07, 6.45) is 1.49. The fourth-order valence-electron chi connectivity index (χ4n) is 1.64. The fourth-order valence-corrected chi connectivity index (χ4v) is 2.09. The maximum Gasteiger partial charge on any atom is 0.328 e. The van der Waals surface area contributed by atoms with Gasteiger partial charge >= 0.3 is 6.03 Å². The van der Waals surface area contributed by atoms with Gasteiger partial charge in [-0.3, -0.25) is 15.0 Å². The number of imide groups is 1.